The number of ether oxygens (including phenoxy) is 1. The standard InChI is InChI=1S/C25H27ClN2O4S/c1-3-32-24-9-5-4-7-19(24)8-6-16-27-25(29)22-15-12-20(17-23(22)26)28-33(30,31)21-13-10-18(2)11-14-21/h4-5,7,9-15,17,28H,3,6,8,16H2,1-2H3,(H,27,29). The molecule has 33 heavy (non-hydrogen) atoms. The molecule has 0 unspecified atom stereocenters. The molecule has 3 aromatic carbocycles. The first-order chi connectivity index (χ1) is 15.8. The van der Waals surface area contributed by atoms with Gasteiger partial charge in [-0.1, -0.05) is 47.5 Å². The lowest BCUT2D eigenvalue weighted by atomic mass is 10.1. The number of rotatable bonds is 10. The van der Waals surface area contributed by atoms with Crippen molar-refractivity contribution in [3.63, 3.8) is 0 Å². The number of hydrogen-bond acceptors (Lipinski definition) is 4. The summed E-state index contributed by atoms with van der Waals surface area (Å²) in [5.41, 5.74) is 2.62. The summed E-state index contributed by atoms with van der Waals surface area (Å²) in [6.45, 7) is 4.90. The van der Waals surface area contributed by atoms with E-state index in [0.717, 1.165) is 29.7 Å². The highest BCUT2D eigenvalue weighted by molar-refractivity contribution is 7.92. The molecule has 0 saturated carbocycles. The Morgan fingerprint density at radius 1 is 1.03 bits per heavy atom. The first-order valence-electron chi connectivity index (χ1n) is 10.7. The number of para-hydroxylation sites is 1. The number of halogens is 1. The van der Waals surface area contributed by atoms with Crippen LogP contribution >= 0.6 is 11.6 Å². The van der Waals surface area contributed by atoms with Crippen molar-refractivity contribution in [3.05, 3.63) is 88.4 Å². The third kappa shape index (κ3) is 6.73. The normalized spacial score (nSPS) is 11.1. The number of aryl methyl sites for hydroxylation is 2. The van der Waals surface area contributed by atoms with Crippen molar-refractivity contribution in [1.29, 1.82) is 0 Å². The van der Waals surface area contributed by atoms with Gasteiger partial charge in [-0.15, -0.1) is 0 Å². The Labute approximate surface area is 200 Å². The summed E-state index contributed by atoms with van der Waals surface area (Å²) in [5.74, 6) is 0.545. The van der Waals surface area contributed by atoms with E-state index in [1.807, 2.05) is 38.1 Å². The van der Waals surface area contributed by atoms with Crippen molar-refractivity contribution >= 4 is 33.2 Å². The summed E-state index contributed by atoms with van der Waals surface area (Å²) in [6, 6.07) is 18.8. The summed E-state index contributed by atoms with van der Waals surface area (Å²) in [5, 5.41) is 3.02. The van der Waals surface area contributed by atoms with Crippen LogP contribution in [-0.2, 0) is 16.4 Å². The predicted molar refractivity (Wildman–Crippen MR) is 132 cm³/mol. The number of benzene rings is 3. The molecule has 0 atom stereocenters. The Morgan fingerprint density at radius 2 is 1.76 bits per heavy atom. The summed E-state index contributed by atoms with van der Waals surface area (Å²) >= 11 is 6.27. The second-order valence-corrected chi connectivity index (χ2v) is 9.60. The van der Waals surface area contributed by atoms with Crippen LogP contribution in [0.4, 0.5) is 5.69 Å². The van der Waals surface area contributed by atoms with E-state index in [4.69, 9.17) is 16.3 Å². The minimum atomic E-state index is -3.75. The molecule has 174 valence electrons. The fraction of sp³-hybridized carbons (Fsp3) is 0.240. The maximum absolute atomic E-state index is 12.6. The van der Waals surface area contributed by atoms with Crippen molar-refractivity contribution in [1.82, 2.24) is 5.32 Å². The third-order valence-electron chi connectivity index (χ3n) is 4.98. The van der Waals surface area contributed by atoms with E-state index in [-0.39, 0.29) is 27.1 Å². The van der Waals surface area contributed by atoms with Crippen molar-refractivity contribution in [2.45, 2.75) is 31.6 Å². The van der Waals surface area contributed by atoms with E-state index < -0.39 is 10.0 Å². The molecule has 3 rings (SSSR count). The predicted octanol–water partition coefficient (Wildman–Crippen LogP) is 5.21. The molecule has 2 N–H and O–H groups in total. The zero-order chi connectivity index (χ0) is 23.8. The molecule has 0 aromatic heterocycles. The molecule has 3 aromatic rings. The quantitative estimate of drug-likeness (QED) is 0.385. The van der Waals surface area contributed by atoms with E-state index in [0.29, 0.717) is 13.2 Å². The van der Waals surface area contributed by atoms with Gasteiger partial charge in [0.1, 0.15) is 5.75 Å². The van der Waals surface area contributed by atoms with Crippen LogP contribution < -0.4 is 14.8 Å². The molecular weight excluding hydrogens is 460 g/mol. The van der Waals surface area contributed by atoms with Crippen LogP contribution in [0.5, 0.6) is 5.75 Å². The van der Waals surface area contributed by atoms with Crippen LogP contribution in [0.3, 0.4) is 0 Å². The first-order valence-corrected chi connectivity index (χ1v) is 12.5. The molecule has 0 aliphatic rings. The number of sulfonamides is 1. The zero-order valence-electron chi connectivity index (χ0n) is 18.6. The molecule has 6 nitrogen and oxygen atoms in total. The summed E-state index contributed by atoms with van der Waals surface area (Å²) in [6.07, 6.45) is 1.51. The summed E-state index contributed by atoms with van der Waals surface area (Å²) in [4.78, 5) is 12.7. The fourth-order valence-corrected chi connectivity index (χ4v) is 4.59. The molecule has 0 bridgehead atoms. The summed E-state index contributed by atoms with van der Waals surface area (Å²) in [7, 11) is -3.75. The maximum Gasteiger partial charge on any atom is 0.261 e. The number of carbonyl (C=O) groups is 1. The van der Waals surface area contributed by atoms with Crippen molar-refractivity contribution < 1.29 is 17.9 Å². The fourth-order valence-electron chi connectivity index (χ4n) is 3.28. The van der Waals surface area contributed by atoms with Crippen molar-refractivity contribution in [2.75, 3.05) is 17.9 Å². The number of carbonyl (C=O) groups excluding carboxylic acids is 1. The largest absolute Gasteiger partial charge is 0.494 e. The third-order valence-corrected chi connectivity index (χ3v) is 6.69. The molecule has 0 spiro atoms. The van der Waals surface area contributed by atoms with Crippen molar-refractivity contribution in [2.24, 2.45) is 0 Å². The lowest BCUT2D eigenvalue weighted by Crippen LogP contribution is -2.25. The van der Waals surface area contributed by atoms with Gasteiger partial charge in [-0.25, -0.2) is 8.42 Å². The van der Waals surface area contributed by atoms with E-state index >= 15 is 0 Å². The number of nitrogens with one attached hydrogen (secondary N) is 2. The van der Waals surface area contributed by atoms with Gasteiger partial charge >= 0.3 is 0 Å². The van der Waals surface area contributed by atoms with Gasteiger partial charge in [-0.05, 0) is 68.7 Å². The van der Waals surface area contributed by atoms with E-state index in [9.17, 15) is 13.2 Å². The van der Waals surface area contributed by atoms with Crippen LogP contribution in [0, 0.1) is 6.92 Å². The molecule has 0 aliphatic heterocycles. The molecule has 8 heteroatoms. The van der Waals surface area contributed by atoms with Gasteiger partial charge in [0.25, 0.3) is 15.9 Å². The summed E-state index contributed by atoms with van der Waals surface area (Å²) < 4.78 is 33.2. The first kappa shape index (κ1) is 24.6. The average Bonchev–Trinajstić information content (AvgIpc) is 2.78. The van der Waals surface area contributed by atoms with Crippen LogP contribution in [0.2, 0.25) is 5.02 Å². The molecule has 0 aliphatic carbocycles. The van der Waals surface area contributed by atoms with Gasteiger partial charge < -0.3 is 10.1 Å². The van der Waals surface area contributed by atoms with Crippen molar-refractivity contribution in [3.8, 4) is 5.75 Å². The van der Waals surface area contributed by atoms with E-state index in [1.165, 1.54) is 30.3 Å². The van der Waals surface area contributed by atoms with Crippen LogP contribution in [0.15, 0.2) is 71.6 Å². The molecular formula is C25H27ClN2O4S. The van der Waals surface area contributed by atoms with Crippen LogP contribution in [-0.4, -0.2) is 27.5 Å². The second kappa shape index (κ2) is 11.2. The SMILES string of the molecule is CCOc1ccccc1CCCNC(=O)c1ccc(NS(=O)(=O)c2ccc(C)cc2)cc1Cl. The maximum atomic E-state index is 12.6. The van der Waals surface area contributed by atoms with Gasteiger partial charge in [0.05, 0.1) is 27.8 Å². The molecule has 0 saturated heterocycles. The van der Waals surface area contributed by atoms with Gasteiger partial charge in [0.2, 0.25) is 0 Å². The minimum absolute atomic E-state index is 0.150. The Bertz CT molecular complexity index is 1210. The Balaban J connectivity index is 1.57. The molecule has 0 heterocycles. The van der Waals surface area contributed by atoms with Crippen LogP contribution in [0.1, 0.15) is 34.8 Å². The van der Waals surface area contributed by atoms with Gasteiger partial charge in [-0.2, -0.15) is 0 Å². The highest BCUT2D eigenvalue weighted by Crippen LogP contribution is 2.24. The number of hydrogen-bond donors (Lipinski definition) is 2. The second-order valence-electron chi connectivity index (χ2n) is 7.51. The monoisotopic (exact) mass is 486 g/mol. The van der Waals surface area contributed by atoms with Gasteiger partial charge in [0, 0.05) is 6.54 Å². The van der Waals surface area contributed by atoms with E-state index in [2.05, 4.69) is 10.0 Å². The van der Waals surface area contributed by atoms with Crippen LogP contribution in [0.25, 0.3) is 0 Å². The highest BCUT2D eigenvalue weighted by Gasteiger charge is 2.16. The minimum Gasteiger partial charge on any atom is -0.494 e. The lowest BCUT2D eigenvalue weighted by Gasteiger charge is -2.12. The Morgan fingerprint density at radius 3 is 2.45 bits per heavy atom. The average molecular weight is 487 g/mol. The molecule has 0 radical (unpaired) electrons. The smallest absolute Gasteiger partial charge is 0.261 e. The zero-order valence-corrected chi connectivity index (χ0v) is 20.2. The highest BCUT2D eigenvalue weighted by atomic mass is 35.5. The Hall–Kier alpha value is -3.03. The number of anilines is 1. The van der Waals surface area contributed by atoms with E-state index in [1.54, 1.807) is 12.1 Å². The van der Waals surface area contributed by atoms with Gasteiger partial charge in [-0.3, -0.25) is 9.52 Å². The lowest BCUT2D eigenvalue weighted by molar-refractivity contribution is 0.0953. The molecule has 0 fully saturated rings. The molecule has 1 amide bonds. The topological polar surface area (TPSA) is 84.5 Å². The Kier molecular flexibility index (Phi) is 8.36. The van der Waals surface area contributed by atoms with Gasteiger partial charge in [0.15, 0.2) is 0 Å². The number of amides is 1.